The topological polar surface area (TPSA) is 33.1 Å². The molecule has 0 saturated heterocycles. The van der Waals surface area contributed by atoms with Gasteiger partial charge in [-0.3, -0.25) is 4.99 Å². The fourth-order valence-corrected chi connectivity index (χ4v) is 1.85. The van der Waals surface area contributed by atoms with E-state index < -0.39 is 0 Å². The van der Waals surface area contributed by atoms with Crippen molar-refractivity contribution in [1.29, 1.82) is 0 Å². The lowest BCUT2D eigenvalue weighted by molar-refractivity contribution is 1.08. The lowest BCUT2D eigenvalue weighted by atomic mass is 10.2. The van der Waals surface area contributed by atoms with Crippen LogP contribution in [0.3, 0.4) is 0 Å². The van der Waals surface area contributed by atoms with Crippen molar-refractivity contribution in [3.63, 3.8) is 0 Å². The molecule has 88 valence electrons. The van der Waals surface area contributed by atoms with Crippen molar-refractivity contribution in [2.75, 3.05) is 0 Å². The average molecular weight is 235 g/mol. The largest absolute Gasteiger partial charge is 0.360 e. The van der Waals surface area contributed by atoms with Gasteiger partial charge in [0.1, 0.15) is 0 Å². The molecule has 1 N–H and O–H groups in total. The molecule has 0 unspecified atom stereocenters. The molecule has 0 amide bonds. The molecule has 3 rings (SSSR count). The first-order valence-corrected chi connectivity index (χ1v) is 5.83. The van der Waals surface area contributed by atoms with Crippen LogP contribution in [0, 0.1) is 0 Å². The summed E-state index contributed by atoms with van der Waals surface area (Å²) >= 11 is 0. The monoisotopic (exact) mass is 235 g/mol. The quantitative estimate of drug-likeness (QED) is 0.673. The Morgan fingerprint density at radius 1 is 0.944 bits per heavy atom. The Morgan fingerprint density at radius 3 is 2.56 bits per heavy atom. The van der Waals surface area contributed by atoms with Crippen LogP contribution in [0.1, 0.15) is 5.69 Å². The van der Waals surface area contributed by atoms with Gasteiger partial charge >= 0.3 is 0 Å². The maximum Gasteiger partial charge on any atom is 0.0870 e. The van der Waals surface area contributed by atoms with Crippen LogP contribution in [0.25, 0.3) is 5.69 Å². The highest BCUT2D eigenvalue weighted by molar-refractivity contribution is 5.81. The maximum atomic E-state index is 4.53. The first kappa shape index (κ1) is 10.6. The molecule has 0 spiro atoms. The molecule has 0 aliphatic carbocycles. The molecule has 2 heterocycles. The number of hydrogen-bond donors (Lipinski definition) is 1. The number of aromatic amines is 1. The van der Waals surface area contributed by atoms with Crippen LogP contribution in [0.5, 0.6) is 0 Å². The van der Waals surface area contributed by atoms with Crippen LogP contribution in [-0.2, 0) is 0 Å². The molecular formula is C15H13N3. The van der Waals surface area contributed by atoms with Crippen molar-refractivity contribution >= 4 is 11.9 Å². The Labute approximate surface area is 105 Å². The van der Waals surface area contributed by atoms with Crippen molar-refractivity contribution in [1.82, 2.24) is 9.55 Å². The summed E-state index contributed by atoms with van der Waals surface area (Å²) < 4.78 is 2.06. The third-order valence-electron chi connectivity index (χ3n) is 2.73. The third-order valence-corrected chi connectivity index (χ3v) is 2.73. The van der Waals surface area contributed by atoms with Gasteiger partial charge in [0.25, 0.3) is 0 Å². The van der Waals surface area contributed by atoms with E-state index in [4.69, 9.17) is 0 Å². The molecule has 3 aromatic rings. The SMILES string of the molecule is C(=Nc1ccccc1-n1cccc1)c1ccc[nH]1. The summed E-state index contributed by atoms with van der Waals surface area (Å²) in [4.78, 5) is 7.63. The lowest BCUT2D eigenvalue weighted by Gasteiger charge is -2.06. The Hall–Kier alpha value is -2.55. The second kappa shape index (κ2) is 4.75. The van der Waals surface area contributed by atoms with E-state index in [9.17, 15) is 0 Å². The van der Waals surface area contributed by atoms with Gasteiger partial charge in [-0.25, -0.2) is 0 Å². The van der Waals surface area contributed by atoms with Gasteiger partial charge in [0, 0.05) is 18.6 Å². The second-order valence-electron chi connectivity index (χ2n) is 3.96. The summed E-state index contributed by atoms with van der Waals surface area (Å²) in [5, 5.41) is 0. The number of aliphatic imine (C=N–C) groups is 1. The van der Waals surface area contributed by atoms with Crippen LogP contribution in [-0.4, -0.2) is 15.8 Å². The molecule has 0 fully saturated rings. The molecule has 3 heteroatoms. The van der Waals surface area contributed by atoms with Crippen LogP contribution in [0.4, 0.5) is 5.69 Å². The van der Waals surface area contributed by atoms with E-state index in [0.29, 0.717) is 0 Å². The summed E-state index contributed by atoms with van der Waals surface area (Å²) in [6.45, 7) is 0. The number of rotatable bonds is 3. The third kappa shape index (κ3) is 2.11. The fourth-order valence-electron chi connectivity index (χ4n) is 1.85. The predicted octanol–water partition coefficient (Wildman–Crippen LogP) is 3.56. The summed E-state index contributed by atoms with van der Waals surface area (Å²) in [6, 6.07) is 16.0. The Bertz CT molecular complexity index is 634. The number of nitrogens with one attached hydrogen (secondary N) is 1. The standard InChI is InChI=1S/C15H13N3/c1-2-8-15(18-10-3-4-11-18)14(7-1)17-12-13-6-5-9-16-13/h1-12,16H. The normalized spacial score (nSPS) is 11.1. The van der Waals surface area contributed by atoms with Crippen molar-refractivity contribution in [2.24, 2.45) is 4.99 Å². The van der Waals surface area contributed by atoms with Crippen molar-refractivity contribution < 1.29 is 0 Å². The van der Waals surface area contributed by atoms with E-state index >= 15 is 0 Å². The smallest absolute Gasteiger partial charge is 0.0870 e. The van der Waals surface area contributed by atoms with Crippen LogP contribution in [0.15, 0.2) is 72.1 Å². The molecule has 0 saturated carbocycles. The average Bonchev–Trinajstić information content (AvgIpc) is 3.10. The van der Waals surface area contributed by atoms with E-state index in [2.05, 4.69) is 20.6 Å². The van der Waals surface area contributed by atoms with E-state index in [0.717, 1.165) is 17.1 Å². The fraction of sp³-hybridized carbons (Fsp3) is 0. The lowest BCUT2D eigenvalue weighted by Crippen LogP contribution is -1.90. The van der Waals surface area contributed by atoms with Crippen LogP contribution in [0.2, 0.25) is 0 Å². The number of nitrogens with zero attached hydrogens (tertiary/aromatic N) is 2. The van der Waals surface area contributed by atoms with Crippen molar-refractivity contribution in [3.05, 3.63) is 72.8 Å². The molecule has 1 aromatic carbocycles. The number of benzene rings is 1. The van der Waals surface area contributed by atoms with E-state index in [-0.39, 0.29) is 0 Å². The summed E-state index contributed by atoms with van der Waals surface area (Å²) in [6.07, 6.45) is 7.76. The molecule has 3 nitrogen and oxygen atoms in total. The maximum absolute atomic E-state index is 4.53. The zero-order chi connectivity index (χ0) is 12.2. The molecule has 2 aromatic heterocycles. The first-order valence-electron chi connectivity index (χ1n) is 5.83. The van der Waals surface area contributed by atoms with Gasteiger partial charge in [-0.1, -0.05) is 12.1 Å². The number of hydrogen-bond acceptors (Lipinski definition) is 1. The molecule has 0 atom stereocenters. The van der Waals surface area contributed by atoms with E-state index in [1.165, 1.54) is 0 Å². The summed E-state index contributed by atoms with van der Waals surface area (Å²) in [7, 11) is 0. The Morgan fingerprint density at radius 2 is 1.78 bits per heavy atom. The molecule has 0 aliphatic heterocycles. The number of H-pyrrole nitrogens is 1. The second-order valence-corrected chi connectivity index (χ2v) is 3.96. The van der Waals surface area contributed by atoms with Gasteiger partial charge in [0.05, 0.1) is 23.3 Å². The summed E-state index contributed by atoms with van der Waals surface area (Å²) in [5.41, 5.74) is 3.02. The Kier molecular flexibility index (Phi) is 2.80. The van der Waals surface area contributed by atoms with Crippen molar-refractivity contribution in [2.45, 2.75) is 0 Å². The molecule has 0 aliphatic rings. The van der Waals surface area contributed by atoms with Gasteiger partial charge in [-0.2, -0.15) is 0 Å². The van der Waals surface area contributed by atoms with Crippen LogP contribution >= 0.6 is 0 Å². The summed E-state index contributed by atoms with van der Waals surface area (Å²) in [5.74, 6) is 0. The van der Waals surface area contributed by atoms with E-state index in [1.807, 2.05) is 67.3 Å². The molecule has 18 heavy (non-hydrogen) atoms. The highest BCUT2D eigenvalue weighted by Crippen LogP contribution is 2.22. The van der Waals surface area contributed by atoms with Gasteiger partial charge < -0.3 is 9.55 Å². The highest BCUT2D eigenvalue weighted by atomic mass is 15.0. The number of aromatic nitrogens is 2. The van der Waals surface area contributed by atoms with Gasteiger partial charge in [0.2, 0.25) is 0 Å². The number of para-hydroxylation sites is 2. The first-order chi connectivity index (χ1) is 8.93. The minimum Gasteiger partial charge on any atom is -0.360 e. The zero-order valence-electron chi connectivity index (χ0n) is 9.82. The predicted molar refractivity (Wildman–Crippen MR) is 73.8 cm³/mol. The van der Waals surface area contributed by atoms with Gasteiger partial charge in [0.15, 0.2) is 0 Å². The molecule has 0 radical (unpaired) electrons. The van der Waals surface area contributed by atoms with Crippen molar-refractivity contribution in [3.8, 4) is 5.69 Å². The van der Waals surface area contributed by atoms with Gasteiger partial charge in [-0.15, -0.1) is 0 Å². The van der Waals surface area contributed by atoms with Gasteiger partial charge in [-0.05, 0) is 36.4 Å². The minimum atomic E-state index is 0.948. The van der Waals surface area contributed by atoms with E-state index in [1.54, 1.807) is 0 Å². The minimum absolute atomic E-state index is 0.948. The molecular weight excluding hydrogens is 222 g/mol. The van der Waals surface area contributed by atoms with Crippen LogP contribution < -0.4 is 0 Å². The Balaban J connectivity index is 1.97. The molecule has 0 bridgehead atoms. The zero-order valence-corrected chi connectivity index (χ0v) is 9.82. The highest BCUT2D eigenvalue weighted by Gasteiger charge is 2.00.